The van der Waals surface area contributed by atoms with Crippen molar-refractivity contribution < 1.29 is 13.6 Å². The number of carbonyl (C=O) groups excluding carboxylic acids is 1. The van der Waals surface area contributed by atoms with Crippen molar-refractivity contribution in [2.75, 3.05) is 0 Å². The van der Waals surface area contributed by atoms with E-state index >= 15 is 0 Å². The Morgan fingerprint density at radius 2 is 1.21 bits per heavy atom. The first-order chi connectivity index (χ1) is 11.8. The van der Waals surface area contributed by atoms with E-state index in [2.05, 4.69) is 19.9 Å². The highest BCUT2D eigenvalue weighted by molar-refractivity contribution is 6.05. The highest BCUT2D eigenvalue weighted by Crippen LogP contribution is 2.24. The summed E-state index contributed by atoms with van der Waals surface area (Å²) in [6.45, 7) is 0. The molecule has 0 N–H and O–H groups in total. The SMILES string of the molecule is O=C(c1ccc(-c2ccncn2)o1)c1ccc(-c2ccncn2)o1. The second-order valence-electron chi connectivity index (χ2n) is 4.85. The molecule has 4 heterocycles. The van der Waals surface area contributed by atoms with Crippen molar-refractivity contribution in [3.05, 3.63) is 73.0 Å². The van der Waals surface area contributed by atoms with Crippen LogP contribution < -0.4 is 0 Å². The zero-order chi connectivity index (χ0) is 16.4. The first-order valence-electron chi connectivity index (χ1n) is 7.08. The van der Waals surface area contributed by atoms with Gasteiger partial charge in [-0.2, -0.15) is 0 Å². The molecule has 0 aliphatic heterocycles. The molecule has 7 nitrogen and oxygen atoms in total. The molecule has 0 atom stereocenters. The Morgan fingerprint density at radius 1 is 0.708 bits per heavy atom. The Kier molecular flexibility index (Phi) is 3.43. The van der Waals surface area contributed by atoms with Crippen LogP contribution in [0, 0.1) is 0 Å². The summed E-state index contributed by atoms with van der Waals surface area (Å²) in [5.74, 6) is 0.974. The molecule has 0 fully saturated rings. The lowest BCUT2D eigenvalue weighted by Crippen LogP contribution is -1.97. The lowest BCUT2D eigenvalue weighted by atomic mass is 10.2. The normalized spacial score (nSPS) is 10.7. The predicted octanol–water partition coefficient (Wildman–Crippen LogP) is 3.02. The Bertz CT molecular complexity index is 898. The van der Waals surface area contributed by atoms with Gasteiger partial charge in [0.2, 0.25) is 0 Å². The molecule has 0 radical (unpaired) electrons. The quantitative estimate of drug-likeness (QED) is 0.534. The molecule has 4 aromatic rings. The third kappa shape index (κ3) is 2.58. The number of furan rings is 2. The Morgan fingerprint density at radius 3 is 1.62 bits per heavy atom. The van der Waals surface area contributed by atoms with E-state index in [-0.39, 0.29) is 17.3 Å². The molecular weight excluding hydrogens is 308 g/mol. The molecular formula is C17H10N4O3. The van der Waals surface area contributed by atoms with Crippen LogP contribution in [0.25, 0.3) is 22.9 Å². The first-order valence-corrected chi connectivity index (χ1v) is 7.08. The van der Waals surface area contributed by atoms with Crippen LogP contribution in [-0.2, 0) is 0 Å². The van der Waals surface area contributed by atoms with E-state index in [1.54, 1.807) is 48.8 Å². The van der Waals surface area contributed by atoms with E-state index in [1.807, 2.05) is 0 Å². The van der Waals surface area contributed by atoms with E-state index in [0.29, 0.717) is 22.9 Å². The molecule has 4 rings (SSSR count). The van der Waals surface area contributed by atoms with Crippen molar-refractivity contribution in [3.8, 4) is 22.9 Å². The molecule has 4 aromatic heterocycles. The molecule has 24 heavy (non-hydrogen) atoms. The monoisotopic (exact) mass is 318 g/mol. The van der Waals surface area contributed by atoms with Crippen LogP contribution in [-0.4, -0.2) is 25.7 Å². The van der Waals surface area contributed by atoms with E-state index in [9.17, 15) is 4.79 Å². The number of rotatable bonds is 4. The molecule has 116 valence electrons. The Hall–Kier alpha value is -3.61. The van der Waals surface area contributed by atoms with E-state index in [0.717, 1.165) is 0 Å². The molecule has 0 amide bonds. The fourth-order valence-electron chi connectivity index (χ4n) is 2.19. The van der Waals surface area contributed by atoms with Crippen LogP contribution in [0.4, 0.5) is 0 Å². The molecule has 7 heteroatoms. The van der Waals surface area contributed by atoms with Gasteiger partial charge in [-0.3, -0.25) is 4.79 Å². The number of nitrogens with zero attached hydrogens (tertiary/aromatic N) is 4. The van der Waals surface area contributed by atoms with Crippen LogP contribution in [0.5, 0.6) is 0 Å². The summed E-state index contributed by atoms with van der Waals surface area (Å²) in [4.78, 5) is 28.3. The predicted molar refractivity (Wildman–Crippen MR) is 82.9 cm³/mol. The zero-order valence-corrected chi connectivity index (χ0v) is 12.3. The molecule has 0 aliphatic rings. The average Bonchev–Trinajstić information content (AvgIpc) is 3.33. The highest BCUT2D eigenvalue weighted by atomic mass is 16.4. The molecule has 0 bridgehead atoms. The lowest BCUT2D eigenvalue weighted by molar-refractivity contribution is 0.0984. The summed E-state index contributed by atoms with van der Waals surface area (Å²) in [7, 11) is 0. The van der Waals surface area contributed by atoms with Crippen molar-refractivity contribution in [2.24, 2.45) is 0 Å². The maximum Gasteiger partial charge on any atom is 0.263 e. The maximum atomic E-state index is 12.5. The van der Waals surface area contributed by atoms with Crippen molar-refractivity contribution >= 4 is 5.78 Å². The van der Waals surface area contributed by atoms with Gasteiger partial charge in [0.25, 0.3) is 5.78 Å². The van der Waals surface area contributed by atoms with Gasteiger partial charge in [0.1, 0.15) is 24.0 Å². The van der Waals surface area contributed by atoms with Gasteiger partial charge in [-0.25, -0.2) is 19.9 Å². The minimum atomic E-state index is -0.351. The van der Waals surface area contributed by atoms with Crippen molar-refractivity contribution in [2.45, 2.75) is 0 Å². The lowest BCUT2D eigenvalue weighted by Gasteiger charge is -1.96. The van der Waals surface area contributed by atoms with Crippen LogP contribution in [0.2, 0.25) is 0 Å². The van der Waals surface area contributed by atoms with Crippen molar-refractivity contribution in [3.63, 3.8) is 0 Å². The van der Waals surface area contributed by atoms with E-state index < -0.39 is 0 Å². The van der Waals surface area contributed by atoms with Crippen LogP contribution in [0.1, 0.15) is 16.3 Å². The second kappa shape index (κ2) is 5.88. The first kappa shape index (κ1) is 14.0. The molecule has 0 aromatic carbocycles. The molecule has 0 unspecified atom stereocenters. The molecule has 0 spiro atoms. The largest absolute Gasteiger partial charge is 0.451 e. The van der Waals surface area contributed by atoms with Gasteiger partial charge in [0, 0.05) is 12.4 Å². The van der Waals surface area contributed by atoms with Gasteiger partial charge in [0.15, 0.2) is 23.0 Å². The summed E-state index contributed by atoms with van der Waals surface area (Å²) in [5.41, 5.74) is 1.20. The van der Waals surface area contributed by atoms with Gasteiger partial charge >= 0.3 is 0 Å². The maximum absolute atomic E-state index is 12.5. The van der Waals surface area contributed by atoms with Gasteiger partial charge < -0.3 is 8.83 Å². The topological polar surface area (TPSA) is 94.9 Å². The average molecular weight is 318 g/mol. The van der Waals surface area contributed by atoms with E-state index in [4.69, 9.17) is 8.83 Å². The fraction of sp³-hybridized carbons (Fsp3) is 0. The number of ketones is 1. The Labute approximate surface area is 136 Å². The van der Waals surface area contributed by atoms with Crippen molar-refractivity contribution in [1.29, 1.82) is 0 Å². The van der Waals surface area contributed by atoms with Crippen LogP contribution in [0.15, 0.2) is 70.3 Å². The van der Waals surface area contributed by atoms with Gasteiger partial charge in [-0.05, 0) is 36.4 Å². The van der Waals surface area contributed by atoms with Gasteiger partial charge in [-0.1, -0.05) is 0 Å². The summed E-state index contributed by atoms with van der Waals surface area (Å²) in [6, 6.07) is 9.95. The molecule has 0 saturated carbocycles. The van der Waals surface area contributed by atoms with E-state index in [1.165, 1.54) is 12.7 Å². The summed E-state index contributed by atoms with van der Waals surface area (Å²) < 4.78 is 11.2. The standard InChI is InChI=1S/C17H10N4O3/c22-17(15-3-1-13(23-15)11-5-7-18-9-20-11)16-4-2-14(24-16)12-6-8-19-10-21-12/h1-10H. The number of aromatic nitrogens is 4. The Balaban J connectivity index is 1.61. The summed E-state index contributed by atoms with van der Waals surface area (Å²) in [5, 5.41) is 0. The second-order valence-corrected chi connectivity index (χ2v) is 4.85. The van der Waals surface area contributed by atoms with Crippen molar-refractivity contribution in [1.82, 2.24) is 19.9 Å². The third-order valence-corrected chi connectivity index (χ3v) is 3.33. The summed E-state index contributed by atoms with van der Waals surface area (Å²) >= 11 is 0. The smallest absolute Gasteiger partial charge is 0.263 e. The minimum absolute atomic E-state index is 0.173. The fourth-order valence-corrected chi connectivity index (χ4v) is 2.19. The van der Waals surface area contributed by atoms with Crippen LogP contribution >= 0.6 is 0 Å². The molecule has 0 saturated heterocycles. The van der Waals surface area contributed by atoms with Crippen LogP contribution in [0.3, 0.4) is 0 Å². The summed E-state index contributed by atoms with van der Waals surface area (Å²) in [6.07, 6.45) is 6.04. The molecule has 0 aliphatic carbocycles. The zero-order valence-electron chi connectivity index (χ0n) is 12.3. The third-order valence-electron chi connectivity index (χ3n) is 3.33. The number of carbonyl (C=O) groups is 1. The van der Waals surface area contributed by atoms with Gasteiger partial charge in [0.05, 0.1) is 0 Å². The number of hydrogen-bond donors (Lipinski definition) is 0. The minimum Gasteiger partial charge on any atom is -0.451 e. The number of hydrogen-bond acceptors (Lipinski definition) is 7. The highest BCUT2D eigenvalue weighted by Gasteiger charge is 2.19. The van der Waals surface area contributed by atoms with Gasteiger partial charge in [-0.15, -0.1) is 0 Å².